The average molecular weight is 379 g/mol. The van der Waals surface area contributed by atoms with Gasteiger partial charge in [0.25, 0.3) is 5.91 Å². The Morgan fingerprint density at radius 3 is 2.69 bits per heavy atom. The third-order valence-corrected chi connectivity index (χ3v) is 4.69. The molecule has 0 unspecified atom stereocenters. The molecule has 136 valence electrons. The normalized spacial score (nSPS) is 11.5. The van der Waals surface area contributed by atoms with Crippen LogP contribution in [0, 0.1) is 0 Å². The van der Waals surface area contributed by atoms with Crippen molar-refractivity contribution in [1.82, 2.24) is 15.1 Å². The highest BCUT2D eigenvalue weighted by Crippen LogP contribution is 2.29. The molecule has 0 aliphatic carbocycles. The Labute approximate surface area is 152 Å². The van der Waals surface area contributed by atoms with Crippen molar-refractivity contribution >= 4 is 17.2 Å². The van der Waals surface area contributed by atoms with Gasteiger partial charge in [0.1, 0.15) is 0 Å². The van der Waals surface area contributed by atoms with E-state index < -0.39 is 17.6 Å². The van der Waals surface area contributed by atoms with Crippen molar-refractivity contribution in [2.45, 2.75) is 26.2 Å². The van der Waals surface area contributed by atoms with E-state index in [0.29, 0.717) is 12.1 Å². The van der Waals surface area contributed by atoms with E-state index in [1.807, 2.05) is 24.4 Å². The maximum atomic E-state index is 12.8. The van der Waals surface area contributed by atoms with E-state index in [1.165, 1.54) is 12.1 Å². The summed E-state index contributed by atoms with van der Waals surface area (Å²) in [7, 11) is 0. The first-order valence-corrected chi connectivity index (χ1v) is 8.82. The van der Waals surface area contributed by atoms with Gasteiger partial charge in [0.05, 0.1) is 16.1 Å². The molecule has 2 aromatic heterocycles. The summed E-state index contributed by atoms with van der Waals surface area (Å²) < 4.78 is 40.0. The molecule has 0 fully saturated rings. The minimum atomic E-state index is -4.41. The van der Waals surface area contributed by atoms with Gasteiger partial charge in [-0.05, 0) is 42.1 Å². The van der Waals surface area contributed by atoms with Gasteiger partial charge < -0.3 is 5.32 Å². The number of thiophene rings is 1. The van der Waals surface area contributed by atoms with Gasteiger partial charge in [-0.2, -0.15) is 18.3 Å². The zero-order chi connectivity index (χ0) is 18.7. The lowest BCUT2D eigenvalue weighted by atomic mass is 10.1. The molecule has 1 aromatic carbocycles. The number of aryl methyl sites for hydroxylation is 1. The Bertz CT molecular complexity index is 901. The van der Waals surface area contributed by atoms with Crippen molar-refractivity contribution in [1.29, 1.82) is 0 Å². The number of rotatable bonds is 5. The molecule has 2 heterocycles. The summed E-state index contributed by atoms with van der Waals surface area (Å²) in [4.78, 5) is 13.3. The first-order valence-electron chi connectivity index (χ1n) is 7.94. The molecule has 0 spiro atoms. The summed E-state index contributed by atoms with van der Waals surface area (Å²) in [6, 6.07) is 10.4. The predicted molar refractivity (Wildman–Crippen MR) is 93.8 cm³/mol. The third-order valence-electron chi connectivity index (χ3n) is 3.79. The van der Waals surface area contributed by atoms with Crippen LogP contribution in [0.2, 0.25) is 0 Å². The molecule has 0 radical (unpaired) electrons. The second-order valence-corrected chi connectivity index (χ2v) is 6.54. The number of halogens is 3. The standard InChI is InChI=1S/C18H16F3N3OS/c1-2-24-15(16-7-4-8-26-16)10-14(23-24)17(25)22-11-12-5-3-6-13(9-12)18(19,20)21/h3-10H,2,11H2,1H3,(H,22,25). The fourth-order valence-electron chi connectivity index (χ4n) is 2.52. The summed E-state index contributed by atoms with van der Waals surface area (Å²) in [6.45, 7) is 2.53. The molecule has 0 bridgehead atoms. The number of nitrogens with one attached hydrogen (secondary N) is 1. The van der Waals surface area contributed by atoms with E-state index in [2.05, 4.69) is 10.4 Å². The summed E-state index contributed by atoms with van der Waals surface area (Å²) in [5.41, 5.74) is 0.718. The van der Waals surface area contributed by atoms with Crippen LogP contribution >= 0.6 is 11.3 Å². The fraction of sp³-hybridized carbons (Fsp3) is 0.222. The SMILES string of the molecule is CCn1nc(C(=O)NCc2cccc(C(F)(F)F)c2)cc1-c1cccs1. The van der Waals surface area contributed by atoms with Crippen molar-refractivity contribution in [3.63, 3.8) is 0 Å². The minimum Gasteiger partial charge on any atom is -0.347 e. The van der Waals surface area contributed by atoms with Crippen LogP contribution in [0.25, 0.3) is 10.6 Å². The summed E-state index contributed by atoms with van der Waals surface area (Å²) in [5, 5.41) is 8.85. The van der Waals surface area contributed by atoms with Gasteiger partial charge in [-0.25, -0.2) is 0 Å². The van der Waals surface area contributed by atoms with Crippen LogP contribution in [0.4, 0.5) is 13.2 Å². The number of nitrogens with zero attached hydrogens (tertiary/aromatic N) is 2. The molecule has 0 saturated carbocycles. The molecule has 0 saturated heterocycles. The Kier molecular flexibility index (Phi) is 5.13. The van der Waals surface area contributed by atoms with Crippen LogP contribution in [0.1, 0.15) is 28.5 Å². The highest BCUT2D eigenvalue weighted by Gasteiger charge is 2.30. The Morgan fingerprint density at radius 1 is 1.23 bits per heavy atom. The van der Waals surface area contributed by atoms with Gasteiger partial charge in [0, 0.05) is 13.1 Å². The first-order chi connectivity index (χ1) is 12.4. The first kappa shape index (κ1) is 18.2. The highest BCUT2D eigenvalue weighted by molar-refractivity contribution is 7.13. The number of aromatic nitrogens is 2. The van der Waals surface area contributed by atoms with E-state index in [9.17, 15) is 18.0 Å². The number of amides is 1. The number of benzene rings is 1. The van der Waals surface area contributed by atoms with Gasteiger partial charge >= 0.3 is 6.18 Å². The van der Waals surface area contributed by atoms with E-state index in [0.717, 1.165) is 22.7 Å². The maximum Gasteiger partial charge on any atom is 0.416 e. The monoisotopic (exact) mass is 379 g/mol. The molecular formula is C18H16F3N3OS. The molecule has 26 heavy (non-hydrogen) atoms. The maximum absolute atomic E-state index is 12.8. The summed E-state index contributed by atoms with van der Waals surface area (Å²) in [6.07, 6.45) is -4.41. The largest absolute Gasteiger partial charge is 0.416 e. The predicted octanol–water partition coefficient (Wildman–Crippen LogP) is 4.58. The van der Waals surface area contributed by atoms with Gasteiger partial charge in [-0.15, -0.1) is 11.3 Å². The number of carbonyl (C=O) groups excluding carboxylic acids is 1. The number of hydrogen-bond acceptors (Lipinski definition) is 3. The summed E-state index contributed by atoms with van der Waals surface area (Å²) >= 11 is 1.55. The Hall–Kier alpha value is -2.61. The average Bonchev–Trinajstić information content (AvgIpc) is 3.28. The van der Waals surface area contributed by atoms with Crippen molar-refractivity contribution in [3.05, 3.63) is 64.7 Å². The second-order valence-electron chi connectivity index (χ2n) is 5.59. The second kappa shape index (κ2) is 7.33. The summed E-state index contributed by atoms with van der Waals surface area (Å²) in [5.74, 6) is -0.424. The Morgan fingerprint density at radius 2 is 2.04 bits per heavy atom. The van der Waals surface area contributed by atoms with Crippen LogP contribution in [0.5, 0.6) is 0 Å². The number of alkyl halides is 3. The van der Waals surface area contributed by atoms with Crippen LogP contribution in [0.3, 0.4) is 0 Å². The molecule has 8 heteroatoms. The smallest absolute Gasteiger partial charge is 0.347 e. The van der Waals surface area contributed by atoms with E-state index in [-0.39, 0.29) is 12.2 Å². The minimum absolute atomic E-state index is 0.00390. The molecule has 3 aromatic rings. The van der Waals surface area contributed by atoms with Crippen LogP contribution < -0.4 is 5.32 Å². The quantitative estimate of drug-likeness (QED) is 0.705. The van der Waals surface area contributed by atoms with Gasteiger partial charge in [-0.3, -0.25) is 9.48 Å². The van der Waals surface area contributed by atoms with Gasteiger partial charge in [0.15, 0.2) is 5.69 Å². The van der Waals surface area contributed by atoms with E-state index in [4.69, 9.17) is 0 Å². The number of hydrogen-bond donors (Lipinski definition) is 1. The van der Waals surface area contributed by atoms with Gasteiger partial charge in [0.2, 0.25) is 0 Å². The lowest BCUT2D eigenvalue weighted by molar-refractivity contribution is -0.137. The molecule has 1 amide bonds. The lowest BCUT2D eigenvalue weighted by Gasteiger charge is -2.09. The van der Waals surface area contributed by atoms with Crippen LogP contribution in [-0.4, -0.2) is 15.7 Å². The van der Waals surface area contributed by atoms with Crippen molar-refractivity contribution < 1.29 is 18.0 Å². The molecule has 4 nitrogen and oxygen atoms in total. The molecule has 3 rings (SSSR count). The fourth-order valence-corrected chi connectivity index (χ4v) is 3.27. The number of carbonyl (C=O) groups is 1. The topological polar surface area (TPSA) is 46.9 Å². The molecule has 1 N–H and O–H groups in total. The van der Waals surface area contributed by atoms with Crippen molar-refractivity contribution in [2.24, 2.45) is 0 Å². The van der Waals surface area contributed by atoms with Crippen molar-refractivity contribution in [3.8, 4) is 10.6 Å². The zero-order valence-electron chi connectivity index (χ0n) is 13.9. The third kappa shape index (κ3) is 3.96. The van der Waals surface area contributed by atoms with E-state index in [1.54, 1.807) is 22.1 Å². The molecule has 0 aliphatic heterocycles. The van der Waals surface area contributed by atoms with E-state index >= 15 is 0 Å². The Balaban J connectivity index is 1.73. The highest BCUT2D eigenvalue weighted by atomic mass is 32.1. The molecule has 0 atom stereocenters. The zero-order valence-corrected chi connectivity index (χ0v) is 14.7. The lowest BCUT2D eigenvalue weighted by Crippen LogP contribution is -2.23. The van der Waals surface area contributed by atoms with Crippen LogP contribution in [0.15, 0.2) is 47.8 Å². The van der Waals surface area contributed by atoms with Crippen molar-refractivity contribution in [2.75, 3.05) is 0 Å². The van der Waals surface area contributed by atoms with Crippen LogP contribution in [-0.2, 0) is 19.3 Å². The van der Waals surface area contributed by atoms with Gasteiger partial charge in [-0.1, -0.05) is 18.2 Å². The molecular weight excluding hydrogens is 363 g/mol. The molecule has 0 aliphatic rings.